The Kier molecular flexibility index (Phi) is 6.28. The van der Waals surface area contributed by atoms with Gasteiger partial charge in [0.1, 0.15) is 0 Å². The van der Waals surface area contributed by atoms with E-state index in [1.807, 2.05) is 0 Å². The Hall–Kier alpha value is -2.48. The van der Waals surface area contributed by atoms with Crippen molar-refractivity contribution in [2.24, 2.45) is 0 Å². The van der Waals surface area contributed by atoms with Crippen LogP contribution in [0.25, 0.3) is 0 Å². The summed E-state index contributed by atoms with van der Waals surface area (Å²) in [4.78, 5) is 22.2. The number of carbonyl (C=O) groups excluding carboxylic acids is 1. The van der Waals surface area contributed by atoms with E-state index in [9.17, 15) is 14.9 Å². The van der Waals surface area contributed by atoms with Crippen LogP contribution in [0.5, 0.6) is 5.75 Å². The summed E-state index contributed by atoms with van der Waals surface area (Å²) in [7, 11) is 1.32. The van der Waals surface area contributed by atoms with Crippen LogP contribution < -0.4 is 15.4 Å². The molecule has 0 spiro atoms. The van der Waals surface area contributed by atoms with Gasteiger partial charge >= 0.3 is 5.69 Å². The fraction of sp³-hybridized carbons (Fsp3) is 0.231. The number of ether oxygens (including phenoxy) is 1. The van der Waals surface area contributed by atoms with Gasteiger partial charge in [0.25, 0.3) is 5.91 Å². The minimum absolute atomic E-state index is 0.0863. The SMILES string of the molecule is C=CCCNC(=S)NC(=O)c1ccc(OC)c([N+](=O)[O-])c1. The predicted octanol–water partition coefficient (Wildman–Crippen LogP) is 1.78. The van der Waals surface area contributed by atoms with Gasteiger partial charge in [-0.15, -0.1) is 6.58 Å². The Morgan fingerprint density at radius 2 is 2.29 bits per heavy atom. The molecule has 21 heavy (non-hydrogen) atoms. The lowest BCUT2D eigenvalue weighted by molar-refractivity contribution is -0.385. The molecule has 112 valence electrons. The first kappa shape index (κ1) is 16.6. The summed E-state index contributed by atoms with van der Waals surface area (Å²) in [5, 5.41) is 16.3. The van der Waals surface area contributed by atoms with E-state index < -0.39 is 10.8 Å². The van der Waals surface area contributed by atoms with E-state index in [0.29, 0.717) is 13.0 Å². The van der Waals surface area contributed by atoms with Gasteiger partial charge in [0.15, 0.2) is 10.9 Å². The van der Waals surface area contributed by atoms with E-state index in [0.717, 1.165) is 6.07 Å². The number of nitro groups is 1. The van der Waals surface area contributed by atoms with Gasteiger partial charge in [0, 0.05) is 18.2 Å². The van der Waals surface area contributed by atoms with Gasteiger partial charge in [0.2, 0.25) is 0 Å². The fourth-order valence-corrected chi connectivity index (χ4v) is 1.68. The van der Waals surface area contributed by atoms with Crippen LogP contribution >= 0.6 is 12.2 Å². The van der Waals surface area contributed by atoms with Crippen LogP contribution in [0.2, 0.25) is 0 Å². The second kappa shape index (κ2) is 7.95. The van der Waals surface area contributed by atoms with Crippen LogP contribution in [0, 0.1) is 10.1 Å². The van der Waals surface area contributed by atoms with Crippen LogP contribution in [-0.4, -0.2) is 29.6 Å². The maximum absolute atomic E-state index is 11.9. The predicted molar refractivity (Wildman–Crippen MR) is 82.5 cm³/mol. The molecule has 7 nitrogen and oxygen atoms in total. The highest BCUT2D eigenvalue weighted by atomic mass is 32.1. The Morgan fingerprint density at radius 1 is 1.57 bits per heavy atom. The third kappa shape index (κ3) is 4.84. The molecule has 0 unspecified atom stereocenters. The number of nitrogens with one attached hydrogen (secondary N) is 2. The standard InChI is InChI=1S/C13H15N3O4S/c1-3-4-7-14-13(21)15-12(17)9-5-6-11(20-2)10(8-9)16(18)19/h3,5-6,8H,1,4,7H2,2H3,(H2,14,15,17,21). The molecule has 0 fully saturated rings. The summed E-state index contributed by atoms with van der Waals surface area (Å²) in [6.07, 6.45) is 2.41. The highest BCUT2D eigenvalue weighted by Gasteiger charge is 2.18. The molecule has 0 saturated carbocycles. The number of benzene rings is 1. The maximum atomic E-state index is 11.9. The molecule has 1 amide bonds. The van der Waals surface area contributed by atoms with E-state index in [2.05, 4.69) is 17.2 Å². The average Bonchev–Trinajstić information content (AvgIpc) is 2.46. The van der Waals surface area contributed by atoms with E-state index >= 15 is 0 Å². The van der Waals surface area contributed by atoms with Crippen molar-refractivity contribution in [2.75, 3.05) is 13.7 Å². The minimum atomic E-state index is -0.615. The van der Waals surface area contributed by atoms with Gasteiger partial charge in [-0.05, 0) is 30.8 Å². The topological polar surface area (TPSA) is 93.5 Å². The summed E-state index contributed by atoms with van der Waals surface area (Å²) < 4.78 is 4.87. The molecule has 8 heteroatoms. The Bertz CT molecular complexity index is 575. The molecule has 1 aromatic carbocycles. The zero-order chi connectivity index (χ0) is 15.8. The van der Waals surface area contributed by atoms with Gasteiger partial charge in [0.05, 0.1) is 12.0 Å². The third-order valence-electron chi connectivity index (χ3n) is 2.50. The maximum Gasteiger partial charge on any atom is 0.311 e. The fourth-order valence-electron chi connectivity index (χ4n) is 1.48. The number of hydrogen-bond acceptors (Lipinski definition) is 5. The molecule has 0 heterocycles. The first-order valence-electron chi connectivity index (χ1n) is 6.02. The molecule has 0 bridgehead atoms. The van der Waals surface area contributed by atoms with Gasteiger partial charge in [-0.2, -0.15) is 0 Å². The monoisotopic (exact) mass is 309 g/mol. The van der Waals surface area contributed by atoms with Crippen molar-refractivity contribution >= 4 is 28.9 Å². The lowest BCUT2D eigenvalue weighted by Crippen LogP contribution is -2.39. The van der Waals surface area contributed by atoms with Crippen LogP contribution in [0.1, 0.15) is 16.8 Å². The summed E-state index contributed by atoms with van der Waals surface area (Å²) in [5.74, 6) is -0.444. The van der Waals surface area contributed by atoms with Gasteiger partial charge in [-0.25, -0.2) is 0 Å². The highest BCUT2D eigenvalue weighted by Crippen LogP contribution is 2.27. The van der Waals surface area contributed by atoms with Crippen LogP contribution in [-0.2, 0) is 0 Å². The molecule has 0 aromatic heterocycles. The summed E-state index contributed by atoms with van der Waals surface area (Å²) in [6.45, 7) is 4.11. The van der Waals surface area contributed by atoms with Crippen molar-refractivity contribution in [1.29, 1.82) is 0 Å². The molecule has 0 radical (unpaired) electrons. The summed E-state index contributed by atoms with van der Waals surface area (Å²) in [5.41, 5.74) is -0.161. The van der Waals surface area contributed by atoms with Gasteiger partial charge in [-0.3, -0.25) is 20.2 Å². The zero-order valence-corrected chi connectivity index (χ0v) is 12.2. The lowest BCUT2D eigenvalue weighted by Gasteiger charge is -2.09. The number of nitrogens with zero attached hydrogens (tertiary/aromatic N) is 1. The van der Waals surface area contributed by atoms with E-state index in [1.165, 1.54) is 19.2 Å². The number of rotatable bonds is 6. The Morgan fingerprint density at radius 3 is 2.86 bits per heavy atom. The first-order valence-corrected chi connectivity index (χ1v) is 6.43. The molecule has 0 saturated heterocycles. The second-order valence-corrected chi connectivity index (χ2v) is 4.34. The summed E-state index contributed by atoms with van der Waals surface area (Å²) >= 11 is 4.94. The number of hydrogen-bond donors (Lipinski definition) is 2. The molecule has 1 rings (SSSR count). The molecule has 0 atom stereocenters. The number of carbonyl (C=O) groups is 1. The van der Waals surface area contributed by atoms with Crippen LogP contribution in [0.3, 0.4) is 0 Å². The number of thiocarbonyl (C=S) groups is 1. The van der Waals surface area contributed by atoms with Crippen molar-refractivity contribution in [1.82, 2.24) is 10.6 Å². The van der Waals surface area contributed by atoms with Gasteiger partial charge < -0.3 is 10.1 Å². The Labute approximate surface area is 127 Å². The Balaban J connectivity index is 2.78. The molecular formula is C13H15N3O4S. The molecule has 0 aliphatic rings. The molecule has 1 aromatic rings. The van der Waals surface area contributed by atoms with E-state index in [1.54, 1.807) is 6.08 Å². The van der Waals surface area contributed by atoms with Crippen molar-refractivity contribution < 1.29 is 14.5 Å². The molecule has 2 N–H and O–H groups in total. The van der Waals surface area contributed by atoms with Gasteiger partial charge in [-0.1, -0.05) is 6.08 Å². The molecular weight excluding hydrogens is 294 g/mol. The number of nitro benzene ring substituents is 1. The number of methoxy groups -OCH3 is 1. The minimum Gasteiger partial charge on any atom is -0.490 e. The zero-order valence-electron chi connectivity index (χ0n) is 11.4. The van der Waals surface area contributed by atoms with E-state index in [4.69, 9.17) is 17.0 Å². The van der Waals surface area contributed by atoms with Crippen LogP contribution in [0.15, 0.2) is 30.9 Å². The molecule has 0 aliphatic carbocycles. The highest BCUT2D eigenvalue weighted by molar-refractivity contribution is 7.80. The second-order valence-electron chi connectivity index (χ2n) is 3.93. The van der Waals surface area contributed by atoms with E-state index in [-0.39, 0.29) is 22.1 Å². The van der Waals surface area contributed by atoms with Crippen molar-refractivity contribution in [2.45, 2.75) is 6.42 Å². The smallest absolute Gasteiger partial charge is 0.311 e. The average molecular weight is 309 g/mol. The van der Waals surface area contributed by atoms with Crippen molar-refractivity contribution in [3.05, 3.63) is 46.5 Å². The lowest BCUT2D eigenvalue weighted by atomic mass is 10.2. The van der Waals surface area contributed by atoms with Crippen molar-refractivity contribution in [3.8, 4) is 5.75 Å². The molecule has 0 aliphatic heterocycles. The normalized spacial score (nSPS) is 9.57. The third-order valence-corrected chi connectivity index (χ3v) is 2.75. The number of amides is 1. The largest absolute Gasteiger partial charge is 0.490 e. The quantitative estimate of drug-likeness (QED) is 0.273. The first-order chi connectivity index (χ1) is 9.99. The van der Waals surface area contributed by atoms with Crippen molar-refractivity contribution in [3.63, 3.8) is 0 Å². The summed E-state index contributed by atoms with van der Waals surface area (Å²) in [6, 6.07) is 3.93. The van der Waals surface area contributed by atoms with Crippen LogP contribution in [0.4, 0.5) is 5.69 Å².